The van der Waals surface area contributed by atoms with E-state index in [9.17, 15) is 13.2 Å². The summed E-state index contributed by atoms with van der Waals surface area (Å²) in [6.07, 6.45) is 0. The van der Waals surface area contributed by atoms with Crippen molar-refractivity contribution in [1.82, 2.24) is 5.32 Å². The van der Waals surface area contributed by atoms with Crippen molar-refractivity contribution in [3.05, 3.63) is 50.8 Å². The maximum absolute atomic E-state index is 11.8. The second kappa shape index (κ2) is 8.55. The Morgan fingerprint density at radius 1 is 1.25 bits per heavy atom. The first-order valence-corrected chi connectivity index (χ1v) is 10.9. The minimum atomic E-state index is -3.69. The van der Waals surface area contributed by atoms with Crippen LogP contribution in [0.3, 0.4) is 0 Å². The minimum Gasteiger partial charge on any atom is -0.350 e. The van der Waals surface area contributed by atoms with E-state index in [0.29, 0.717) is 15.8 Å². The largest absolute Gasteiger partial charge is 0.350 e. The van der Waals surface area contributed by atoms with E-state index >= 15 is 0 Å². The lowest BCUT2D eigenvalue weighted by atomic mass is 10.2. The van der Waals surface area contributed by atoms with Crippen molar-refractivity contribution in [2.75, 3.05) is 5.75 Å². The molecule has 0 atom stereocenters. The average Bonchev–Trinajstić information content (AvgIpc) is 2.96. The molecule has 5 nitrogen and oxygen atoms in total. The smallest absolute Gasteiger partial charge is 0.247 e. The second-order valence-corrected chi connectivity index (χ2v) is 9.56. The maximum Gasteiger partial charge on any atom is 0.247 e. The van der Waals surface area contributed by atoms with E-state index in [1.54, 1.807) is 18.2 Å². The number of hydrogen-bond acceptors (Lipinski definition) is 5. The third-order valence-corrected chi connectivity index (χ3v) is 6.98. The summed E-state index contributed by atoms with van der Waals surface area (Å²) in [6.45, 7) is 0.265. The molecule has 1 aromatic carbocycles. The quantitative estimate of drug-likeness (QED) is 0.713. The number of carbonyl (C=O) groups is 1. The lowest BCUT2D eigenvalue weighted by Gasteiger charge is -2.06. The monoisotopic (exact) mass is 424 g/mol. The first-order valence-electron chi connectivity index (χ1n) is 6.65. The van der Waals surface area contributed by atoms with Crippen molar-refractivity contribution >= 4 is 62.2 Å². The molecule has 0 aliphatic heterocycles. The molecule has 0 saturated carbocycles. The standard InChI is InChI=1S/C14H14Cl2N2O3S3/c15-10-2-1-9(12(16)5-10)7-22-8-13(19)18-6-11-3-4-14(23-11)24(17,20)21/h1-5H,6-8H2,(H,18,19)(H2,17,20,21). The summed E-state index contributed by atoms with van der Waals surface area (Å²) >= 11 is 14.4. The van der Waals surface area contributed by atoms with E-state index in [4.69, 9.17) is 28.3 Å². The van der Waals surface area contributed by atoms with Crippen molar-refractivity contribution in [1.29, 1.82) is 0 Å². The maximum atomic E-state index is 11.8. The van der Waals surface area contributed by atoms with Crippen LogP contribution in [0.25, 0.3) is 0 Å². The molecule has 1 heterocycles. The van der Waals surface area contributed by atoms with Gasteiger partial charge in [-0.05, 0) is 29.8 Å². The number of hydrogen-bond donors (Lipinski definition) is 2. The molecule has 130 valence electrons. The number of thioether (sulfide) groups is 1. The highest BCUT2D eigenvalue weighted by molar-refractivity contribution is 7.99. The van der Waals surface area contributed by atoms with Crippen LogP contribution in [-0.4, -0.2) is 20.1 Å². The molecular weight excluding hydrogens is 411 g/mol. The summed E-state index contributed by atoms with van der Waals surface area (Å²) in [4.78, 5) is 12.5. The van der Waals surface area contributed by atoms with E-state index in [1.807, 2.05) is 6.07 Å². The summed E-state index contributed by atoms with van der Waals surface area (Å²) < 4.78 is 22.5. The fourth-order valence-corrected chi connectivity index (χ4v) is 4.87. The highest BCUT2D eigenvalue weighted by atomic mass is 35.5. The number of nitrogens with two attached hydrogens (primary N) is 1. The van der Waals surface area contributed by atoms with Gasteiger partial charge >= 0.3 is 0 Å². The molecule has 0 fully saturated rings. The number of sulfonamides is 1. The highest BCUT2D eigenvalue weighted by Crippen LogP contribution is 2.24. The van der Waals surface area contributed by atoms with Gasteiger partial charge in [0.05, 0.1) is 12.3 Å². The third kappa shape index (κ3) is 5.94. The van der Waals surface area contributed by atoms with Crippen molar-refractivity contribution in [2.45, 2.75) is 16.5 Å². The minimum absolute atomic E-state index is 0.0819. The summed E-state index contributed by atoms with van der Waals surface area (Å²) in [5.74, 6) is 0.723. The molecule has 1 aromatic heterocycles. The van der Waals surface area contributed by atoms with E-state index in [-0.39, 0.29) is 22.4 Å². The molecule has 0 unspecified atom stereocenters. The van der Waals surface area contributed by atoms with Crippen LogP contribution in [0.15, 0.2) is 34.5 Å². The molecule has 0 radical (unpaired) electrons. The molecule has 24 heavy (non-hydrogen) atoms. The molecule has 3 N–H and O–H groups in total. The van der Waals surface area contributed by atoms with Crippen LogP contribution in [0.5, 0.6) is 0 Å². The van der Waals surface area contributed by atoms with Gasteiger partial charge in [-0.3, -0.25) is 4.79 Å². The number of rotatable bonds is 7. The van der Waals surface area contributed by atoms with Gasteiger partial charge < -0.3 is 5.32 Å². The Kier molecular flexibility index (Phi) is 6.97. The summed E-state index contributed by atoms with van der Waals surface area (Å²) in [7, 11) is -3.69. The predicted molar refractivity (Wildman–Crippen MR) is 100 cm³/mol. The lowest BCUT2D eigenvalue weighted by Crippen LogP contribution is -2.24. The summed E-state index contributed by atoms with van der Waals surface area (Å²) in [5, 5.41) is 8.92. The summed E-state index contributed by atoms with van der Waals surface area (Å²) in [5.41, 5.74) is 0.912. The number of benzene rings is 1. The van der Waals surface area contributed by atoms with Gasteiger partial charge in [0.1, 0.15) is 4.21 Å². The molecule has 10 heteroatoms. The zero-order valence-corrected chi connectivity index (χ0v) is 16.3. The molecule has 0 aliphatic carbocycles. The Balaban J connectivity index is 1.76. The molecule has 0 aliphatic rings. The predicted octanol–water partition coefficient (Wildman–Crippen LogP) is 3.25. The van der Waals surface area contributed by atoms with Gasteiger partial charge in [-0.15, -0.1) is 23.1 Å². The van der Waals surface area contributed by atoms with Crippen LogP contribution in [0.1, 0.15) is 10.4 Å². The van der Waals surface area contributed by atoms with Gasteiger partial charge in [-0.2, -0.15) is 0 Å². The lowest BCUT2D eigenvalue weighted by molar-refractivity contribution is -0.118. The van der Waals surface area contributed by atoms with Crippen molar-refractivity contribution < 1.29 is 13.2 Å². The molecule has 2 rings (SSSR count). The Hall–Kier alpha value is -0.770. The Bertz CT molecular complexity index is 838. The van der Waals surface area contributed by atoms with Crippen molar-refractivity contribution in [3.63, 3.8) is 0 Å². The third-order valence-electron chi connectivity index (χ3n) is 2.88. The number of halogens is 2. The fourth-order valence-electron chi connectivity index (χ4n) is 1.74. The van der Waals surface area contributed by atoms with Crippen molar-refractivity contribution in [2.24, 2.45) is 5.14 Å². The number of primary sulfonamides is 1. The number of amides is 1. The summed E-state index contributed by atoms with van der Waals surface area (Å²) in [6, 6.07) is 8.31. The Morgan fingerprint density at radius 2 is 2.00 bits per heavy atom. The second-order valence-electron chi connectivity index (χ2n) is 4.77. The number of nitrogens with one attached hydrogen (secondary N) is 1. The topological polar surface area (TPSA) is 89.3 Å². The van der Waals surface area contributed by atoms with Crippen LogP contribution in [0.2, 0.25) is 10.0 Å². The Morgan fingerprint density at radius 3 is 2.62 bits per heavy atom. The van der Waals surface area contributed by atoms with Gasteiger partial charge in [0.25, 0.3) is 0 Å². The van der Waals surface area contributed by atoms with E-state index < -0.39 is 10.0 Å². The van der Waals surface area contributed by atoms with Gasteiger partial charge in [0.2, 0.25) is 15.9 Å². The SMILES string of the molecule is NS(=O)(=O)c1ccc(CNC(=O)CSCc2ccc(Cl)cc2Cl)s1. The highest BCUT2D eigenvalue weighted by Gasteiger charge is 2.11. The molecule has 0 saturated heterocycles. The van der Waals surface area contributed by atoms with E-state index in [0.717, 1.165) is 21.8 Å². The molecule has 2 aromatic rings. The first kappa shape index (κ1) is 19.6. The van der Waals surface area contributed by atoms with Gasteiger partial charge in [-0.1, -0.05) is 29.3 Å². The average molecular weight is 425 g/mol. The van der Waals surface area contributed by atoms with E-state index in [1.165, 1.54) is 17.8 Å². The van der Waals surface area contributed by atoms with Crippen LogP contribution in [-0.2, 0) is 27.1 Å². The fraction of sp³-hybridized carbons (Fsp3) is 0.214. The first-order chi connectivity index (χ1) is 11.3. The van der Waals surface area contributed by atoms with Crippen molar-refractivity contribution in [3.8, 4) is 0 Å². The molecule has 0 spiro atoms. The number of carbonyl (C=O) groups excluding carboxylic acids is 1. The molecule has 0 bridgehead atoms. The van der Waals surface area contributed by atoms with Crippen LogP contribution < -0.4 is 10.5 Å². The van der Waals surface area contributed by atoms with Gasteiger partial charge in [0.15, 0.2) is 0 Å². The van der Waals surface area contributed by atoms with E-state index in [2.05, 4.69) is 5.32 Å². The van der Waals surface area contributed by atoms with Crippen LogP contribution in [0.4, 0.5) is 0 Å². The zero-order valence-electron chi connectivity index (χ0n) is 12.3. The van der Waals surface area contributed by atoms with Gasteiger partial charge in [-0.25, -0.2) is 13.6 Å². The van der Waals surface area contributed by atoms with Gasteiger partial charge in [0, 0.05) is 20.7 Å². The zero-order chi connectivity index (χ0) is 17.7. The molecule has 1 amide bonds. The van der Waals surface area contributed by atoms with Crippen LogP contribution in [0, 0.1) is 0 Å². The van der Waals surface area contributed by atoms with Crippen LogP contribution >= 0.6 is 46.3 Å². The molecular formula is C14H14Cl2N2O3S3. The number of thiophene rings is 1. The Labute approximate surface area is 158 Å². The normalized spacial score (nSPS) is 11.5.